The highest BCUT2D eigenvalue weighted by Gasteiger charge is 2.46. The Labute approximate surface area is 148 Å². The second kappa shape index (κ2) is 11.3. The molecule has 3 heteroatoms. The van der Waals surface area contributed by atoms with E-state index in [1.807, 2.05) is 6.26 Å². The molecule has 0 saturated carbocycles. The van der Waals surface area contributed by atoms with Crippen LogP contribution in [-0.2, 0) is 4.74 Å². The Bertz CT molecular complexity index is 318. The van der Waals surface area contributed by atoms with Crippen LogP contribution in [0.25, 0.3) is 0 Å². The molecule has 1 nitrogen and oxygen atoms in total. The Kier molecular flexibility index (Phi) is 11.2. The fourth-order valence-electron chi connectivity index (χ4n) is 4.28. The lowest BCUT2D eigenvalue weighted by molar-refractivity contribution is 0.277. The zero-order chi connectivity index (χ0) is 17.9. The summed E-state index contributed by atoms with van der Waals surface area (Å²) in [5.74, 6) is 0. The van der Waals surface area contributed by atoms with Crippen molar-refractivity contribution < 1.29 is 4.74 Å². The van der Waals surface area contributed by atoms with Crippen LogP contribution in [0.4, 0.5) is 0 Å². The van der Waals surface area contributed by atoms with Crippen LogP contribution in [0.3, 0.4) is 0 Å². The maximum Gasteiger partial charge on any atom is 0.108 e. The molecule has 23 heavy (non-hydrogen) atoms. The molecule has 0 unspecified atom stereocenters. The van der Waals surface area contributed by atoms with Crippen molar-refractivity contribution in [2.75, 3.05) is 6.61 Å². The van der Waals surface area contributed by atoms with Crippen LogP contribution in [0.2, 0.25) is 41.4 Å². The summed E-state index contributed by atoms with van der Waals surface area (Å²) < 4.78 is 5.84. The van der Waals surface area contributed by atoms with Crippen LogP contribution in [0, 0.1) is 0 Å². The summed E-state index contributed by atoms with van der Waals surface area (Å²) in [6.07, 6.45) is 5.55. The van der Waals surface area contributed by atoms with Crippen LogP contribution < -0.4 is 0 Å². The van der Waals surface area contributed by atoms with Crippen molar-refractivity contribution in [3.05, 3.63) is 24.5 Å². The highest BCUT2D eigenvalue weighted by atomic mass is 28.4. The summed E-state index contributed by atoms with van der Waals surface area (Å²) in [6, 6.07) is 8.45. The summed E-state index contributed by atoms with van der Waals surface area (Å²) >= 11 is 0. The maximum absolute atomic E-state index is 5.84. The topological polar surface area (TPSA) is 9.23 Å². The molecule has 136 valence electrons. The molecule has 0 aromatic rings. The van der Waals surface area contributed by atoms with E-state index in [1.54, 1.807) is 0 Å². The Hall–Kier alpha value is -0.286. The number of ether oxygens (including phenoxy) is 1. The predicted octanol–water partition coefficient (Wildman–Crippen LogP) is 7.41. The molecule has 0 heterocycles. The lowest BCUT2D eigenvalue weighted by Gasteiger charge is -2.46. The standard InChI is InChI=1S/C20H42OSi2/c1-9-19(8)18-21-17-16-20(22(10-2,11-3)12-4)23(13-5,14-6)15-7/h16-17,20H,8-15,18H2,1-7H3/b17-16-. The third-order valence-electron chi connectivity index (χ3n) is 6.70. The van der Waals surface area contributed by atoms with E-state index in [-0.39, 0.29) is 0 Å². The fraction of sp³-hybridized carbons (Fsp3) is 0.800. The van der Waals surface area contributed by atoms with E-state index < -0.39 is 16.1 Å². The van der Waals surface area contributed by atoms with Gasteiger partial charge in [-0.25, -0.2) is 0 Å². The van der Waals surface area contributed by atoms with Gasteiger partial charge in [0.15, 0.2) is 0 Å². The molecule has 0 atom stereocenters. The minimum atomic E-state index is -1.26. The van der Waals surface area contributed by atoms with E-state index in [4.69, 9.17) is 4.74 Å². The van der Waals surface area contributed by atoms with E-state index in [2.05, 4.69) is 61.1 Å². The molecule has 0 aliphatic heterocycles. The molecular formula is C20H42OSi2. The molecule has 0 rings (SSSR count). The average molecular weight is 355 g/mol. The molecule has 0 fully saturated rings. The van der Waals surface area contributed by atoms with Gasteiger partial charge in [-0.15, -0.1) is 0 Å². The van der Waals surface area contributed by atoms with Gasteiger partial charge < -0.3 is 4.74 Å². The minimum Gasteiger partial charge on any atom is -0.497 e. The number of hydrogen-bond donors (Lipinski definition) is 0. The van der Waals surface area contributed by atoms with E-state index in [0.717, 1.165) is 11.6 Å². The Morgan fingerprint density at radius 3 is 1.52 bits per heavy atom. The zero-order valence-corrected chi connectivity index (χ0v) is 19.0. The Morgan fingerprint density at radius 1 is 0.826 bits per heavy atom. The van der Waals surface area contributed by atoms with Crippen molar-refractivity contribution in [2.45, 2.75) is 96.3 Å². The summed E-state index contributed by atoms with van der Waals surface area (Å²) in [5.41, 5.74) is 1.18. The van der Waals surface area contributed by atoms with Crippen LogP contribution in [0.15, 0.2) is 24.5 Å². The number of hydrogen-bond acceptors (Lipinski definition) is 1. The van der Waals surface area contributed by atoms with Gasteiger partial charge in [0.2, 0.25) is 0 Å². The first kappa shape index (κ1) is 22.7. The maximum atomic E-state index is 5.84. The van der Waals surface area contributed by atoms with Gasteiger partial charge in [-0.2, -0.15) is 0 Å². The Morgan fingerprint density at radius 2 is 1.22 bits per heavy atom. The smallest absolute Gasteiger partial charge is 0.108 e. The molecule has 0 radical (unpaired) electrons. The molecule has 0 aromatic carbocycles. The van der Waals surface area contributed by atoms with Gasteiger partial charge in [0, 0.05) is 0 Å². The van der Waals surface area contributed by atoms with Gasteiger partial charge in [0.1, 0.15) is 6.61 Å². The third kappa shape index (κ3) is 5.63. The molecule has 0 bridgehead atoms. The first-order chi connectivity index (χ1) is 11.0. The zero-order valence-electron chi connectivity index (χ0n) is 17.0. The predicted molar refractivity (Wildman–Crippen MR) is 113 cm³/mol. The van der Waals surface area contributed by atoms with Crippen LogP contribution in [0.5, 0.6) is 0 Å². The van der Waals surface area contributed by atoms with Crippen molar-refractivity contribution in [2.24, 2.45) is 0 Å². The van der Waals surface area contributed by atoms with Crippen molar-refractivity contribution in [3.63, 3.8) is 0 Å². The SMILES string of the molecule is C=C(CC)CO/C=C\C([Si](CC)(CC)CC)[Si](CC)(CC)CC. The first-order valence-corrected chi connectivity index (χ1v) is 15.3. The second-order valence-corrected chi connectivity index (χ2v) is 18.6. The summed E-state index contributed by atoms with van der Waals surface area (Å²) in [4.78, 5) is 0. The van der Waals surface area contributed by atoms with Crippen molar-refractivity contribution in [1.29, 1.82) is 0 Å². The largest absolute Gasteiger partial charge is 0.497 e. The van der Waals surface area contributed by atoms with E-state index in [1.165, 1.54) is 41.8 Å². The van der Waals surface area contributed by atoms with Gasteiger partial charge in [0.05, 0.1) is 22.4 Å². The molecule has 0 N–H and O–H groups in total. The number of rotatable bonds is 13. The fourth-order valence-corrected chi connectivity index (χ4v) is 19.8. The first-order valence-electron chi connectivity index (χ1n) is 9.90. The number of allylic oxidation sites excluding steroid dienone is 1. The summed E-state index contributed by atoms with van der Waals surface area (Å²) in [7, 11) is -2.52. The highest BCUT2D eigenvalue weighted by Crippen LogP contribution is 2.46. The molecular weight excluding hydrogens is 312 g/mol. The van der Waals surface area contributed by atoms with E-state index >= 15 is 0 Å². The lowest BCUT2D eigenvalue weighted by atomic mass is 10.3. The quantitative estimate of drug-likeness (QED) is 0.190. The van der Waals surface area contributed by atoms with Crippen molar-refractivity contribution in [1.82, 2.24) is 0 Å². The van der Waals surface area contributed by atoms with Crippen LogP contribution >= 0.6 is 0 Å². The third-order valence-corrected chi connectivity index (χ3v) is 21.8. The molecule has 0 aliphatic carbocycles. The van der Waals surface area contributed by atoms with Gasteiger partial charge in [0.25, 0.3) is 0 Å². The van der Waals surface area contributed by atoms with Crippen LogP contribution in [0.1, 0.15) is 54.9 Å². The minimum absolute atomic E-state index is 0.678. The van der Waals surface area contributed by atoms with E-state index in [0.29, 0.717) is 6.61 Å². The molecule has 0 aromatic heterocycles. The summed E-state index contributed by atoms with van der Waals surface area (Å²) in [6.45, 7) is 21.5. The molecule has 0 saturated heterocycles. The Balaban J connectivity index is 5.54. The second-order valence-electron chi connectivity index (χ2n) is 7.07. The molecule has 0 spiro atoms. The molecule has 0 aliphatic rings. The average Bonchev–Trinajstić information content (AvgIpc) is 2.61. The van der Waals surface area contributed by atoms with E-state index in [9.17, 15) is 0 Å². The lowest BCUT2D eigenvalue weighted by Crippen LogP contribution is -2.51. The molecule has 0 amide bonds. The van der Waals surface area contributed by atoms with Gasteiger partial charge in [-0.1, -0.05) is 97.4 Å². The highest BCUT2D eigenvalue weighted by molar-refractivity contribution is 7.00. The van der Waals surface area contributed by atoms with Crippen LogP contribution in [-0.4, -0.2) is 22.8 Å². The van der Waals surface area contributed by atoms with Crippen molar-refractivity contribution in [3.8, 4) is 0 Å². The van der Waals surface area contributed by atoms with Gasteiger partial charge in [-0.05, 0) is 17.2 Å². The normalized spacial score (nSPS) is 13.0. The monoisotopic (exact) mass is 354 g/mol. The van der Waals surface area contributed by atoms with Gasteiger partial charge in [-0.3, -0.25) is 0 Å². The summed E-state index contributed by atoms with van der Waals surface area (Å²) in [5, 5.41) is 0.852. The van der Waals surface area contributed by atoms with Crippen molar-refractivity contribution >= 4 is 16.1 Å². The van der Waals surface area contributed by atoms with Gasteiger partial charge >= 0.3 is 0 Å².